The Kier molecular flexibility index (Phi) is 4.01. The Bertz CT molecular complexity index is 485. The van der Waals surface area contributed by atoms with Gasteiger partial charge in [-0.15, -0.1) is 0 Å². The van der Waals surface area contributed by atoms with Gasteiger partial charge < -0.3 is 20.1 Å². The van der Waals surface area contributed by atoms with E-state index in [1.165, 1.54) is 0 Å². The Hall–Kier alpha value is -1.98. The molecule has 2 rings (SSSR count). The number of rotatable bonds is 2. The van der Waals surface area contributed by atoms with E-state index in [4.69, 9.17) is 15.2 Å². The molecule has 2 heterocycles. The van der Waals surface area contributed by atoms with Crippen LogP contribution in [0.5, 0.6) is 5.88 Å². The summed E-state index contributed by atoms with van der Waals surface area (Å²) in [5.74, 6) is 0.487. The van der Waals surface area contributed by atoms with Gasteiger partial charge in [-0.05, 0) is 26.8 Å². The van der Waals surface area contributed by atoms with E-state index in [1.807, 2.05) is 20.8 Å². The SMILES string of the molecule is CC(C)(C)OC(=O)N1CCC(Oc2cc(N)ccn2)C1. The van der Waals surface area contributed by atoms with Crippen molar-refractivity contribution in [3.63, 3.8) is 0 Å². The molecule has 0 saturated carbocycles. The Labute approximate surface area is 118 Å². The van der Waals surface area contributed by atoms with Gasteiger partial charge in [0.2, 0.25) is 5.88 Å². The summed E-state index contributed by atoms with van der Waals surface area (Å²) in [7, 11) is 0. The molecule has 1 aromatic heterocycles. The monoisotopic (exact) mass is 279 g/mol. The van der Waals surface area contributed by atoms with Crippen molar-refractivity contribution in [1.29, 1.82) is 0 Å². The first-order valence-electron chi connectivity index (χ1n) is 6.69. The molecule has 1 amide bonds. The highest BCUT2D eigenvalue weighted by Gasteiger charge is 2.31. The fourth-order valence-electron chi connectivity index (χ4n) is 1.98. The number of hydrogen-bond donors (Lipinski definition) is 1. The van der Waals surface area contributed by atoms with E-state index < -0.39 is 5.60 Å². The Morgan fingerprint density at radius 3 is 2.90 bits per heavy atom. The van der Waals surface area contributed by atoms with Crippen LogP contribution in [0.25, 0.3) is 0 Å². The highest BCUT2D eigenvalue weighted by atomic mass is 16.6. The number of hydrogen-bond acceptors (Lipinski definition) is 5. The average molecular weight is 279 g/mol. The molecular weight excluding hydrogens is 258 g/mol. The number of likely N-dealkylation sites (tertiary alicyclic amines) is 1. The van der Waals surface area contributed by atoms with Crippen LogP contribution in [0, 0.1) is 0 Å². The maximum Gasteiger partial charge on any atom is 0.410 e. The number of nitrogen functional groups attached to an aromatic ring is 1. The van der Waals surface area contributed by atoms with Gasteiger partial charge in [0.25, 0.3) is 0 Å². The fraction of sp³-hybridized carbons (Fsp3) is 0.571. The second-order valence-electron chi connectivity index (χ2n) is 5.88. The maximum atomic E-state index is 11.9. The molecule has 2 N–H and O–H groups in total. The number of amides is 1. The zero-order valence-electron chi connectivity index (χ0n) is 12.1. The molecule has 0 radical (unpaired) electrons. The molecular formula is C14H21N3O3. The Morgan fingerprint density at radius 2 is 2.25 bits per heavy atom. The third kappa shape index (κ3) is 4.01. The lowest BCUT2D eigenvalue weighted by Gasteiger charge is -2.24. The lowest BCUT2D eigenvalue weighted by molar-refractivity contribution is 0.0275. The summed E-state index contributed by atoms with van der Waals surface area (Å²) in [5, 5.41) is 0. The molecule has 0 aromatic carbocycles. The van der Waals surface area contributed by atoms with Crippen molar-refractivity contribution in [3.05, 3.63) is 18.3 Å². The number of nitrogens with zero attached hydrogens (tertiary/aromatic N) is 2. The molecule has 110 valence electrons. The van der Waals surface area contributed by atoms with Crippen LogP contribution in [-0.2, 0) is 4.74 Å². The number of ether oxygens (including phenoxy) is 2. The molecule has 6 heteroatoms. The van der Waals surface area contributed by atoms with Crippen LogP contribution in [0.3, 0.4) is 0 Å². The molecule has 20 heavy (non-hydrogen) atoms. The molecule has 6 nitrogen and oxygen atoms in total. The van der Waals surface area contributed by atoms with Gasteiger partial charge in [0, 0.05) is 30.9 Å². The van der Waals surface area contributed by atoms with Gasteiger partial charge in [0.05, 0.1) is 6.54 Å². The van der Waals surface area contributed by atoms with E-state index in [0.29, 0.717) is 24.7 Å². The summed E-state index contributed by atoms with van der Waals surface area (Å²) < 4.78 is 11.1. The lowest BCUT2D eigenvalue weighted by atomic mass is 10.2. The number of anilines is 1. The molecule has 1 atom stereocenters. The van der Waals surface area contributed by atoms with E-state index in [-0.39, 0.29) is 12.2 Å². The van der Waals surface area contributed by atoms with Gasteiger partial charge in [-0.1, -0.05) is 0 Å². The molecule has 1 unspecified atom stereocenters. The number of pyridine rings is 1. The molecule has 1 saturated heterocycles. The maximum absolute atomic E-state index is 11.9. The van der Waals surface area contributed by atoms with Crippen LogP contribution in [0.15, 0.2) is 18.3 Å². The summed E-state index contributed by atoms with van der Waals surface area (Å²) in [5.41, 5.74) is 5.80. The van der Waals surface area contributed by atoms with Crippen LogP contribution in [-0.4, -0.2) is 40.8 Å². The van der Waals surface area contributed by atoms with E-state index in [2.05, 4.69) is 4.98 Å². The zero-order valence-corrected chi connectivity index (χ0v) is 12.1. The van der Waals surface area contributed by atoms with Crippen LogP contribution >= 0.6 is 0 Å². The first kappa shape index (κ1) is 14.4. The molecule has 1 aliphatic heterocycles. The van der Waals surface area contributed by atoms with Gasteiger partial charge in [-0.25, -0.2) is 9.78 Å². The summed E-state index contributed by atoms with van der Waals surface area (Å²) >= 11 is 0. The van der Waals surface area contributed by atoms with E-state index in [0.717, 1.165) is 6.42 Å². The average Bonchev–Trinajstić information content (AvgIpc) is 2.75. The minimum absolute atomic E-state index is 0.0724. The largest absolute Gasteiger partial charge is 0.472 e. The van der Waals surface area contributed by atoms with Crippen molar-refractivity contribution in [2.24, 2.45) is 0 Å². The van der Waals surface area contributed by atoms with Gasteiger partial charge in [-0.3, -0.25) is 0 Å². The van der Waals surface area contributed by atoms with Crippen molar-refractivity contribution in [2.45, 2.75) is 38.9 Å². The first-order chi connectivity index (χ1) is 9.33. The third-order valence-corrected chi connectivity index (χ3v) is 2.84. The number of carbonyl (C=O) groups excluding carboxylic acids is 1. The molecule has 1 fully saturated rings. The minimum atomic E-state index is -0.481. The molecule has 1 aliphatic rings. The van der Waals surface area contributed by atoms with Crippen LogP contribution in [0.4, 0.5) is 10.5 Å². The molecule has 0 spiro atoms. The second-order valence-corrected chi connectivity index (χ2v) is 5.88. The topological polar surface area (TPSA) is 77.7 Å². The van der Waals surface area contributed by atoms with E-state index in [9.17, 15) is 4.79 Å². The van der Waals surface area contributed by atoms with Crippen molar-refractivity contribution in [1.82, 2.24) is 9.88 Å². The van der Waals surface area contributed by atoms with Crippen LogP contribution in [0.2, 0.25) is 0 Å². The van der Waals surface area contributed by atoms with Gasteiger partial charge in [0.15, 0.2) is 0 Å². The van der Waals surface area contributed by atoms with Gasteiger partial charge in [0.1, 0.15) is 11.7 Å². The predicted molar refractivity (Wildman–Crippen MR) is 75.5 cm³/mol. The fourth-order valence-corrected chi connectivity index (χ4v) is 1.98. The predicted octanol–water partition coefficient (Wildman–Crippen LogP) is 2.05. The second kappa shape index (κ2) is 5.56. The van der Waals surface area contributed by atoms with Crippen molar-refractivity contribution < 1.29 is 14.3 Å². The number of nitrogens with two attached hydrogens (primary N) is 1. The summed E-state index contributed by atoms with van der Waals surface area (Å²) in [4.78, 5) is 17.7. The smallest absolute Gasteiger partial charge is 0.410 e. The quantitative estimate of drug-likeness (QED) is 0.896. The number of carbonyl (C=O) groups is 1. The van der Waals surface area contributed by atoms with Crippen molar-refractivity contribution >= 4 is 11.8 Å². The standard InChI is InChI=1S/C14H21N3O3/c1-14(2,3)20-13(18)17-7-5-11(9-17)19-12-8-10(15)4-6-16-12/h4,6,8,11H,5,7,9H2,1-3H3,(H2,15,16). The highest BCUT2D eigenvalue weighted by Crippen LogP contribution is 2.20. The van der Waals surface area contributed by atoms with Gasteiger partial charge in [-0.2, -0.15) is 0 Å². The van der Waals surface area contributed by atoms with E-state index >= 15 is 0 Å². The first-order valence-corrected chi connectivity index (χ1v) is 6.69. The normalized spacial score (nSPS) is 18.9. The third-order valence-electron chi connectivity index (χ3n) is 2.84. The van der Waals surface area contributed by atoms with Gasteiger partial charge >= 0.3 is 6.09 Å². The van der Waals surface area contributed by atoms with Crippen LogP contribution in [0.1, 0.15) is 27.2 Å². The van der Waals surface area contributed by atoms with Crippen molar-refractivity contribution in [3.8, 4) is 5.88 Å². The summed E-state index contributed by atoms with van der Waals surface area (Å²) in [6.07, 6.45) is 1.99. The Balaban J connectivity index is 1.88. The zero-order chi connectivity index (χ0) is 14.8. The minimum Gasteiger partial charge on any atom is -0.472 e. The highest BCUT2D eigenvalue weighted by molar-refractivity contribution is 5.68. The molecule has 1 aromatic rings. The lowest BCUT2D eigenvalue weighted by Crippen LogP contribution is -2.36. The molecule has 0 bridgehead atoms. The summed E-state index contributed by atoms with van der Waals surface area (Å²) in [6.45, 7) is 6.69. The van der Waals surface area contributed by atoms with E-state index in [1.54, 1.807) is 23.2 Å². The van der Waals surface area contributed by atoms with Crippen molar-refractivity contribution in [2.75, 3.05) is 18.8 Å². The van der Waals surface area contributed by atoms with Crippen LogP contribution < -0.4 is 10.5 Å². The number of aromatic nitrogens is 1. The molecule has 0 aliphatic carbocycles. The summed E-state index contributed by atoms with van der Waals surface area (Å²) in [6, 6.07) is 3.38. The Morgan fingerprint density at radius 1 is 1.50 bits per heavy atom.